The molecule has 0 saturated carbocycles. The number of hydrogen-bond donors (Lipinski definition) is 6. The summed E-state index contributed by atoms with van der Waals surface area (Å²) < 4.78 is 4.47. The molecule has 0 bridgehead atoms. The standard InChI is InChI=1S/C6H14O5S2/c7-3(1-12)5(9)11-6(10)4(8)2-13/h3-10,12-13H,1-2H2. The van der Waals surface area contributed by atoms with Gasteiger partial charge in [-0.25, -0.2) is 0 Å². The minimum absolute atomic E-state index is 0.00907. The van der Waals surface area contributed by atoms with Crippen molar-refractivity contribution in [3.05, 3.63) is 0 Å². The van der Waals surface area contributed by atoms with E-state index in [2.05, 4.69) is 30.0 Å². The van der Waals surface area contributed by atoms with E-state index in [1.807, 2.05) is 0 Å². The highest BCUT2D eigenvalue weighted by Crippen LogP contribution is 2.05. The number of thiol groups is 2. The van der Waals surface area contributed by atoms with Crippen LogP contribution in [0.4, 0.5) is 0 Å². The zero-order valence-corrected chi connectivity index (χ0v) is 8.60. The molecule has 0 fully saturated rings. The van der Waals surface area contributed by atoms with Crippen LogP contribution in [0.5, 0.6) is 0 Å². The summed E-state index contributed by atoms with van der Waals surface area (Å²) in [6, 6.07) is 0. The Balaban J connectivity index is 3.83. The summed E-state index contributed by atoms with van der Waals surface area (Å²) in [5.74, 6) is -0.0181. The Morgan fingerprint density at radius 1 is 0.846 bits per heavy atom. The quantitative estimate of drug-likeness (QED) is 0.240. The molecule has 13 heavy (non-hydrogen) atoms. The van der Waals surface area contributed by atoms with Crippen LogP contribution in [0.2, 0.25) is 0 Å². The van der Waals surface area contributed by atoms with Crippen LogP contribution in [-0.2, 0) is 4.74 Å². The summed E-state index contributed by atoms with van der Waals surface area (Å²) in [4.78, 5) is 0. The summed E-state index contributed by atoms with van der Waals surface area (Å²) in [5, 5.41) is 36.0. The molecule has 0 heterocycles. The maximum absolute atomic E-state index is 9.02. The zero-order chi connectivity index (χ0) is 10.4. The minimum atomic E-state index is -1.57. The molecule has 0 aromatic heterocycles. The first-order valence-corrected chi connectivity index (χ1v) is 4.88. The van der Waals surface area contributed by atoms with Crippen molar-refractivity contribution in [3.8, 4) is 0 Å². The van der Waals surface area contributed by atoms with Crippen LogP contribution in [0.15, 0.2) is 0 Å². The van der Waals surface area contributed by atoms with Crippen molar-refractivity contribution >= 4 is 25.3 Å². The van der Waals surface area contributed by atoms with Gasteiger partial charge in [0.05, 0.1) is 0 Å². The van der Waals surface area contributed by atoms with Crippen LogP contribution in [0.3, 0.4) is 0 Å². The van der Waals surface area contributed by atoms with Crippen LogP contribution in [0.1, 0.15) is 0 Å². The number of aliphatic hydroxyl groups is 4. The molecular formula is C6H14O5S2. The Bertz CT molecular complexity index is 122. The molecule has 0 aliphatic heterocycles. The predicted molar refractivity (Wildman–Crippen MR) is 52.8 cm³/mol. The van der Waals surface area contributed by atoms with Crippen LogP contribution < -0.4 is 0 Å². The molecule has 0 aromatic carbocycles. The molecular weight excluding hydrogens is 216 g/mol. The fourth-order valence-corrected chi connectivity index (χ4v) is 0.865. The second-order valence-corrected chi connectivity index (χ2v) is 3.15. The predicted octanol–water partition coefficient (Wildman–Crippen LogP) is -1.78. The zero-order valence-electron chi connectivity index (χ0n) is 6.82. The van der Waals surface area contributed by atoms with E-state index in [0.717, 1.165) is 0 Å². The third-order valence-corrected chi connectivity index (χ3v) is 2.06. The summed E-state index contributed by atoms with van der Waals surface area (Å²) >= 11 is 7.41. The van der Waals surface area contributed by atoms with E-state index in [1.54, 1.807) is 0 Å². The summed E-state index contributed by atoms with van der Waals surface area (Å²) in [6.45, 7) is 0. The van der Waals surface area contributed by atoms with Crippen molar-refractivity contribution in [2.75, 3.05) is 11.5 Å². The third-order valence-electron chi connectivity index (χ3n) is 1.31. The molecule has 5 nitrogen and oxygen atoms in total. The summed E-state index contributed by atoms with van der Waals surface area (Å²) in [6.07, 6.45) is -5.54. The second-order valence-electron chi connectivity index (χ2n) is 2.42. The fraction of sp³-hybridized carbons (Fsp3) is 1.00. The van der Waals surface area contributed by atoms with E-state index < -0.39 is 24.8 Å². The molecule has 0 radical (unpaired) electrons. The van der Waals surface area contributed by atoms with Crippen molar-refractivity contribution in [3.63, 3.8) is 0 Å². The highest BCUT2D eigenvalue weighted by atomic mass is 32.1. The van der Waals surface area contributed by atoms with E-state index in [1.165, 1.54) is 0 Å². The van der Waals surface area contributed by atoms with Gasteiger partial charge < -0.3 is 25.2 Å². The van der Waals surface area contributed by atoms with Gasteiger partial charge in [-0.15, -0.1) is 0 Å². The lowest BCUT2D eigenvalue weighted by Gasteiger charge is -2.22. The van der Waals surface area contributed by atoms with Crippen molar-refractivity contribution in [2.45, 2.75) is 24.8 Å². The molecule has 0 aromatic rings. The number of rotatable bonds is 6. The highest BCUT2D eigenvalue weighted by molar-refractivity contribution is 7.80. The van der Waals surface area contributed by atoms with Gasteiger partial charge in [0, 0.05) is 11.5 Å². The maximum Gasteiger partial charge on any atom is 0.184 e. The first-order chi connectivity index (χ1) is 6.02. The maximum atomic E-state index is 9.02. The molecule has 0 amide bonds. The molecule has 4 N–H and O–H groups in total. The summed E-state index contributed by atoms with van der Waals surface area (Å²) in [5.41, 5.74) is 0. The monoisotopic (exact) mass is 230 g/mol. The topological polar surface area (TPSA) is 90.2 Å². The lowest BCUT2D eigenvalue weighted by Crippen LogP contribution is -2.39. The Morgan fingerprint density at radius 3 is 1.38 bits per heavy atom. The second kappa shape index (κ2) is 6.88. The molecule has 80 valence electrons. The first-order valence-electron chi connectivity index (χ1n) is 3.62. The van der Waals surface area contributed by atoms with Gasteiger partial charge >= 0.3 is 0 Å². The van der Waals surface area contributed by atoms with Gasteiger partial charge in [0.1, 0.15) is 12.2 Å². The van der Waals surface area contributed by atoms with Gasteiger partial charge in [0.2, 0.25) is 0 Å². The molecule has 0 saturated heterocycles. The Morgan fingerprint density at radius 2 is 1.15 bits per heavy atom. The SMILES string of the molecule is OC(CS)C(O)OC(O)C(O)CS. The third kappa shape index (κ3) is 5.06. The smallest absolute Gasteiger partial charge is 0.184 e. The number of ether oxygens (including phenoxy) is 1. The van der Waals surface area contributed by atoms with Gasteiger partial charge in [-0.3, -0.25) is 0 Å². The number of hydrogen-bond acceptors (Lipinski definition) is 7. The summed E-state index contributed by atoms with van der Waals surface area (Å²) in [7, 11) is 0. The van der Waals surface area contributed by atoms with Crippen molar-refractivity contribution in [2.24, 2.45) is 0 Å². The molecule has 4 unspecified atom stereocenters. The Hall–Kier alpha value is 0.500. The molecule has 4 atom stereocenters. The van der Waals surface area contributed by atoms with Crippen LogP contribution in [-0.4, -0.2) is 56.7 Å². The van der Waals surface area contributed by atoms with Crippen LogP contribution in [0, 0.1) is 0 Å². The largest absolute Gasteiger partial charge is 0.387 e. The average molecular weight is 230 g/mol. The van der Waals surface area contributed by atoms with Gasteiger partial charge in [-0.05, 0) is 0 Å². The normalized spacial score (nSPS) is 20.8. The molecule has 0 aliphatic rings. The number of aliphatic hydroxyl groups excluding tert-OH is 4. The molecule has 7 heteroatoms. The van der Waals surface area contributed by atoms with Crippen LogP contribution in [0.25, 0.3) is 0 Å². The van der Waals surface area contributed by atoms with E-state index in [-0.39, 0.29) is 11.5 Å². The van der Waals surface area contributed by atoms with E-state index in [0.29, 0.717) is 0 Å². The molecule has 0 spiro atoms. The Labute approximate surface area is 87.2 Å². The molecule has 0 aliphatic carbocycles. The van der Waals surface area contributed by atoms with Gasteiger partial charge in [-0.1, -0.05) is 0 Å². The first kappa shape index (κ1) is 13.5. The fourth-order valence-electron chi connectivity index (χ4n) is 0.505. The van der Waals surface area contributed by atoms with E-state index >= 15 is 0 Å². The highest BCUT2D eigenvalue weighted by Gasteiger charge is 2.23. The van der Waals surface area contributed by atoms with E-state index in [4.69, 9.17) is 20.4 Å². The Kier molecular flexibility index (Phi) is 7.15. The van der Waals surface area contributed by atoms with Gasteiger partial charge in [-0.2, -0.15) is 25.3 Å². The lowest BCUT2D eigenvalue weighted by atomic mass is 10.3. The van der Waals surface area contributed by atoms with Crippen molar-refractivity contribution < 1.29 is 25.2 Å². The lowest BCUT2D eigenvalue weighted by molar-refractivity contribution is -0.259. The van der Waals surface area contributed by atoms with Crippen molar-refractivity contribution in [1.29, 1.82) is 0 Å². The van der Waals surface area contributed by atoms with E-state index in [9.17, 15) is 0 Å². The van der Waals surface area contributed by atoms with Gasteiger partial charge in [0.15, 0.2) is 12.6 Å². The van der Waals surface area contributed by atoms with Crippen LogP contribution >= 0.6 is 25.3 Å². The van der Waals surface area contributed by atoms with Crippen molar-refractivity contribution in [1.82, 2.24) is 0 Å². The minimum Gasteiger partial charge on any atom is -0.387 e. The average Bonchev–Trinajstić information content (AvgIpc) is 2.14. The molecule has 0 rings (SSSR count). The van der Waals surface area contributed by atoms with Gasteiger partial charge in [0.25, 0.3) is 0 Å².